The monoisotopic (exact) mass is 267 g/mol. The lowest BCUT2D eigenvalue weighted by Gasteiger charge is -2.26. The van der Waals surface area contributed by atoms with E-state index in [1.54, 1.807) is 0 Å². The van der Waals surface area contributed by atoms with Gasteiger partial charge < -0.3 is 15.5 Å². The summed E-state index contributed by atoms with van der Waals surface area (Å²) in [6.45, 7) is 5.38. The molecular formula is C15H29N3O. The van der Waals surface area contributed by atoms with Gasteiger partial charge in [0, 0.05) is 25.6 Å². The van der Waals surface area contributed by atoms with Crippen LogP contribution in [0, 0.1) is 0 Å². The Labute approximate surface area is 117 Å². The van der Waals surface area contributed by atoms with Gasteiger partial charge in [0.05, 0.1) is 0 Å². The highest BCUT2D eigenvalue weighted by atomic mass is 16.1. The highest BCUT2D eigenvalue weighted by Crippen LogP contribution is 2.11. The van der Waals surface area contributed by atoms with E-state index in [0.29, 0.717) is 12.5 Å². The normalized spacial score (nSPS) is 25.2. The summed E-state index contributed by atoms with van der Waals surface area (Å²) < 4.78 is 0. The standard InChI is InChI=1S/C15H29N3O/c19-15(8-7-14-6-2-3-9-16-14)17-10-13-18-11-4-1-5-12-18/h14,16H,1-13H2,(H,17,19). The summed E-state index contributed by atoms with van der Waals surface area (Å²) in [4.78, 5) is 14.2. The number of hydrogen-bond donors (Lipinski definition) is 2. The molecule has 0 bridgehead atoms. The molecule has 2 rings (SSSR count). The van der Waals surface area contributed by atoms with E-state index in [2.05, 4.69) is 15.5 Å². The number of likely N-dealkylation sites (tertiary alicyclic amines) is 1. The van der Waals surface area contributed by atoms with Crippen LogP contribution in [-0.4, -0.2) is 49.6 Å². The Balaban J connectivity index is 1.49. The number of rotatable bonds is 6. The predicted molar refractivity (Wildman–Crippen MR) is 78.2 cm³/mol. The molecule has 0 saturated carbocycles. The molecule has 2 aliphatic heterocycles. The van der Waals surface area contributed by atoms with Crippen molar-refractivity contribution >= 4 is 5.91 Å². The number of nitrogens with zero attached hydrogens (tertiary/aromatic N) is 1. The first-order chi connectivity index (χ1) is 9.34. The molecule has 2 aliphatic rings. The molecule has 1 unspecified atom stereocenters. The lowest BCUT2D eigenvalue weighted by molar-refractivity contribution is -0.121. The third-order valence-electron chi connectivity index (χ3n) is 4.33. The van der Waals surface area contributed by atoms with Crippen LogP contribution in [-0.2, 0) is 4.79 Å². The quantitative estimate of drug-likeness (QED) is 0.767. The van der Waals surface area contributed by atoms with Crippen molar-refractivity contribution in [3.05, 3.63) is 0 Å². The molecule has 2 heterocycles. The third kappa shape index (κ3) is 5.91. The molecule has 2 fully saturated rings. The van der Waals surface area contributed by atoms with Gasteiger partial charge in [-0.05, 0) is 51.7 Å². The second-order valence-corrected chi connectivity index (χ2v) is 5.94. The topological polar surface area (TPSA) is 44.4 Å². The predicted octanol–water partition coefficient (Wildman–Crippen LogP) is 1.51. The van der Waals surface area contributed by atoms with Gasteiger partial charge in [-0.3, -0.25) is 4.79 Å². The second kappa shape index (κ2) is 8.54. The minimum Gasteiger partial charge on any atom is -0.355 e. The molecule has 0 spiro atoms. The largest absolute Gasteiger partial charge is 0.355 e. The summed E-state index contributed by atoms with van der Waals surface area (Å²) in [6.07, 6.45) is 9.53. The van der Waals surface area contributed by atoms with Crippen LogP contribution in [0.5, 0.6) is 0 Å². The number of piperidine rings is 2. The average Bonchev–Trinajstić information content (AvgIpc) is 2.47. The summed E-state index contributed by atoms with van der Waals surface area (Å²) in [6, 6.07) is 0.571. The van der Waals surface area contributed by atoms with Gasteiger partial charge in [-0.1, -0.05) is 12.8 Å². The van der Waals surface area contributed by atoms with Gasteiger partial charge in [-0.15, -0.1) is 0 Å². The maximum absolute atomic E-state index is 11.8. The highest BCUT2D eigenvalue weighted by molar-refractivity contribution is 5.75. The minimum absolute atomic E-state index is 0.226. The van der Waals surface area contributed by atoms with Gasteiger partial charge in [-0.2, -0.15) is 0 Å². The van der Waals surface area contributed by atoms with Gasteiger partial charge >= 0.3 is 0 Å². The van der Waals surface area contributed by atoms with Crippen LogP contribution >= 0.6 is 0 Å². The molecule has 0 aromatic rings. The van der Waals surface area contributed by atoms with Crippen LogP contribution in [0.2, 0.25) is 0 Å². The number of carbonyl (C=O) groups is 1. The number of amides is 1. The maximum Gasteiger partial charge on any atom is 0.220 e. The summed E-state index contributed by atoms with van der Waals surface area (Å²) in [5.41, 5.74) is 0. The number of hydrogen-bond acceptors (Lipinski definition) is 3. The zero-order valence-electron chi connectivity index (χ0n) is 12.1. The van der Waals surface area contributed by atoms with E-state index in [4.69, 9.17) is 0 Å². The smallest absolute Gasteiger partial charge is 0.220 e. The second-order valence-electron chi connectivity index (χ2n) is 5.94. The Morgan fingerprint density at radius 1 is 1.16 bits per heavy atom. The molecule has 110 valence electrons. The van der Waals surface area contributed by atoms with Crippen LogP contribution in [0.3, 0.4) is 0 Å². The molecular weight excluding hydrogens is 238 g/mol. The zero-order chi connectivity index (χ0) is 13.3. The van der Waals surface area contributed by atoms with Crippen LogP contribution in [0.25, 0.3) is 0 Å². The Bertz CT molecular complexity index is 258. The average molecular weight is 267 g/mol. The van der Waals surface area contributed by atoms with E-state index in [9.17, 15) is 4.79 Å². The Morgan fingerprint density at radius 3 is 2.74 bits per heavy atom. The van der Waals surface area contributed by atoms with Gasteiger partial charge in [0.25, 0.3) is 0 Å². The van der Waals surface area contributed by atoms with Crippen molar-refractivity contribution in [1.82, 2.24) is 15.5 Å². The summed E-state index contributed by atoms with van der Waals surface area (Å²) in [7, 11) is 0. The minimum atomic E-state index is 0.226. The Morgan fingerprint density at radius 2 is 2.00 bits per heavy atom. The summed E-state index contributed by atoms with van der Waals surface area (Å²) in [5.74, 6) is 0.226. The molecule has 1 atom stereocenters. The lowest BCUT2D eigenvalue weighted by atomic mass is 10.0. The van der Waals surface area contributed by atoms with Crippen LogP contribution < -0.4 is 10.6 Å². The summed E-state index contributed by atoms with van der Waals surface area (Å²) in [5, 5.41) is 6.56. The van der Waals surface area contributed by atoms with E-state index in [1.807, 2.05) is 0 Å². The molecule has 0 radical (unpaired) electrons. The van der Waals surface area contributed by atoms with Crippen LogP contribution in [0.15, 0.2) is 0 Å². The molecule has 4 nitrogen and oxygen atoms in total. The molecule has 4 heteroatoms. The number of nitrogens with one attached hydrogen (secondary N) is 2. The molecule has 1 amide bonds. The molecule has 2 N–H and O–H groups in total. The maximum atomic E-state index is 11.8. The van der Waals surface area contributed by atoms with Gasteiger partial charge in [0.2, 0.25) is 5.91 Å². The fourth-order valence-electron chi connectivity index (χ4n) is 3.10. The SMILES string of the molecule is O=C(CCC1CCCCN1)NCCN1CCCCC1. The van der Waals surface area contributed by atoms with Crippen molar-refractivity contribution in [1.29, 1.82) is 0 Å². The Hall–Kier alpha value is -0.610. The third-order valence-corrected chi connectivity index (χ3v) is 4.33. The van der Waals surface area contributed by atoms with Gasteiger partial charge in [0.15, 0.2) is 0 Å². The first-order valence-corrected chi connectivity index (χ1v) is 8.07. The lowest BCUT2D eigenvalue weighted by Crippen LogP contribution is -2.38. The van der Waals surface area contributed by atoms with Crippen LogP contribution in [0.1, 0.15) is 51.4 Å². The van der Waals surface area contributed by atoms with E-state index in [1.165, 1.54) is 51.6 Å². The number of carbonyl (C=O) groups excluding carboxylic acids is 1. The van der Waals surface area contributed by atoms with Crippen molar-refractivity contribution in [2.45, 2.75) is 57.4 Å². The van der Waals surface area contributed by atoms with Gasteiger partial charge in [0.1, 0.15) is 0 Å². The fraction of sp³-hybridized carbons (Fsp3) is 0.933. The van der Waals surface area contributed by atoms with Crippen molar-refractivity contribution in [3.63, 3.8) is 0 Å². The molecule has 2 saturated heterocycles. The fourth-order valence-corrected chi connectivity index (χ4v) is 3.10. The molecule has 0 aromatic carbocycles. The van der Waals surface area contributed by atoms with Gasteiger partial charge in [-0.25, -0.2) is 0 Å². The van der Waals surface area contributed by atoms with Crippen LogP contribution in [0.4, 0.5) is 0 Å². The highest BCUT2D eigenvalue weighted by Gasteiger charge is 2.14. The van der Waals surface area contributed by atoms with E-state index in [0.717, 1.165) is 26.1 Å². The Kier molecular flexibility index (Phi) is 6.65. The molecule has 0 aliphatic carbocycles. The van der Waals surface area contributed by atoms with Crippen molar-refractivity contribution in [2.75, 3.05) is 32.7 Å². The van der Waals surface area contributed by atoms with Crippen molar-refractivity contribution in [3.8, 4) is 0 Å². The first-order valence-electron chi connectivity index (χ1n) is 8.07. The van der Waals surface area contributed by atoms with Crippen molar-refractivity contribution in [2.24, 2.45) is 0 Å². The van der Waals surface area contributed by atoms with E-state index >= 15 is 0 Å². The zero-order valence-corrected chi connectivity index (χ0v) is 12.1. The molecule has 19 heavy (non-hydrogen) atoms. The van der Waals surface area contributed by atoms with E-state index < -0.39 is 0 Å². The van der Waals surface area contributed by atoms with Crippen molar-refractivity contribution < 1.29 is 4.79 Å². The first kappa shape index (κ1) is 14.8. The molecule has 0 aromatic heterocycles. The van der Waals surface area contributed by atoms with E-state index in [-0.39, 0.29) is 5.91 Å². The summed E-state index contributed by atoms with van der Waals surface area (Å²) >= 11 is 0.